The highest BCUT2D eigenvalue weighted by Gasteiger charge is 2.13. The Bertz CT molecular complexity index is 364. The molecule has 1 aliphatic rings. The van der Waals surface area contributed by atoms with Crippen LogP contribution in [0.3, 0.4) is 0 Å². The molecule has 1 N–H and O–H groups in total. The number of hydrogen-bond donors (Lipinski definition) is 1. The van der Waals surface area contributed by atoms with E-state index < -0.39 is 0 Å². The van der Waals surface area contributed by atoms with Crippen molar-refractivity contribution in [2.45, 2.75) is 25.4 Å². The lowest BCUT2D eigenvalue weighted by Crippen LogP contribution is -2.34. The van der Waals surface area contributed by atoms with E-state index in [1.807, 2.05) is 0 Å². The van der Waals surface area contributed by atoms with Crippen LogP contribution < -0.4 is 10.1 Å². The van der Waals surface area contributed by atoms with Crippen LogP contribution in [0.15, 0.2) is 18.2 Å². The quantitative estimate of drug-likeness (QED) is 0.873. The maximum Gasteiger partial charge on any atom is 0.165 e. The first-order valence-corrected chi connectivity index (χ1v) is 5.93. The van der Waals surface area contributed by atoms with E-state index in [9.17, 15) is 4.39 Å². The maximum atomic E-state index is 13.2. The summed E-state index contributed by atoms with van der Waals surface area (Å²) in [5.74, 6) is -0.0152. The zero-order valence-corrected chi connectivity index (χ0v) is 10.0. The molecule has 1 aromatic carbocycles. The fraction of sp³-hybridized carbons (Fsp3) is 0.538. The molecule has 3 nitrogen and oxygen atoms in total. The van der Waals surface area contributed by atoms with Crippen LogP contribution in [0.2, 0.25) is 0 Å². The number of rotatable bonds is 4. The normalized spacial score (nSPS) is 17.1. The van der Waals surface area contributed by atoms with Crippen LogP contribution in [-0.4, -0.2) is 26.4 Å². The lowest BCUT2D eigenvalue weighted by atomic mass is 10.1. The summed E-state index contributed by atoms with van der Waals surface area (Å²) < 4.78 is 23.5. The Morgan fingerprint density at radius 2 is 2.18 bits per heavy atom. The fourth-order valence-corrected chi connectivity index (χ4v) is 1.98. The largest absolute Gasteiger partial charge is 0.494 e. The van der Waals surface area contributed by atoms with Gasteiger partial charge in [-0.15, -0.1) is 0 Å². The molecule has 0 saturated carbocycles. The van der Waals surface area contributed by atoms with Gasteiger partial charge in [0.25, 0.3) is 0 Å². The van der Waals surface area contributed by atoms with Gasteiger partial charge in [-0.1, -0.05) is 6.07 Å². The van der Waals surface area contributed by atoms with Crippen molar-refractivity contribution < 1.29 is 13.9 Å². The molecule has 1 saturated heterocycles. The first kappa shape index (κ1) is 12.3. The van der Waals surface area contributed by atoms with Gasteiger partial charge in [0, 0.05) is 25.8 Å². The monoisotopic (exact) mass is 239 g/mol. The van der Waals surface area contributed by atoms with E-state index in [2.05, 4.69) is 5.32 Å². The van der Waals surface area contributed by atoms with Crippen molar-refractivity contribution in [3.63, 3.8) is 0 Å². The molecule has 0 radical (unpaired) electrons. The third-order valence-electron chi connectivity index (χ3n) is 3.03. The molecule has 0 bridgehead atoms. The van der Waals surface area contributed by atoms with Gasteiger partial charge in [-0.3, -0.25) is 0 Å². The number of benzene rings is 1. The summed E-state index contributed by atoms with van der Waals surface area (Å²) in [4.78, 5) is 0. The zero-order chi connectivity index (χ0) is 12.1. The Balaban J connectivity index is 1.89. The Morgan fingerprint density at radius 3 is 2.88 bits per heavy atom. The Kier molecular flexibility index (Phi) is 4.34. The summed E-state index contributed by atoms with van der Waals surface area (Å²) in [7, 11) is 1.48. The average Bonchev–Trinajstić information content (AvgIpc) is 2.39. The van der Waals surface area contributed by atoms with Gasteiger partial charge >= 0.3 is 0 Å². The first-order valence-electron chi connectivity index (χ1n) is 5.93. The second kappa shape index (κ2) is 5.98. The molecule has 2 rings (SSSR count). The van der Waals surface area contributed by atoms with Crippen molar-refractivity contribution >= 4 is 0 Å². The molecular weight excluding hydrogens is 221 g/mol. The van der Waals surface area contributed by atoms with Gasteiger partial charge in [0.1, 0.15) is 0 Å². The molecule has 0 unspecified atom stereocenters. The van der Waals surface area contributed by atoms with E-state index in [1.165, 1.54) is 13.2 Å². The molecule has 0 amide bonds. The molecule has 4 heteroatoms. The summed E-state index contributed by atoms with van der Waals surface area (Å²) >= 11 is 0. The highest BCUT2D eigenvalue weighted by atomic mass is 19.1. The summed E-state index contributed by atoms with van der Waals surface area (Å²) in [5, 5.41) is 3.45. The third-order valence-corrected chi connectivity index (χ3v) is 3.03. The Hall–Kier alpha value is -1.13. The minimum Gasteiger partial charge on any atom is -0.494 e. The molecule has 1 fully saturated rings. The second-order valence-corrected chi connectivity index (χ2v) is 4.24. The minimum absolute atomic E-state index is 0.302. The van der Waals surface area contributed by atoms with Crippen molar-refractivity contribution in [2.75, 3.05) is 20.3 Å². The van der Waals surface area contributed by atoms with Crippen molar-refractivity contribution in [1.29, 1.82) is 0 Å². The molecule has 0 spiro atoms. The van der Waals surface area contributed by atoms with Gasteiger partial charge in [-0.2, -0.15) is 0 Å². The summed E-state index contributed by atoms with van der Waals surface area (Å²) in [5.41, 5.74) is 1.04. The second-order valence-electron chi connectivity index (χ2n) is 4.24. The molecule has 0 aromatic heterocycles. The predicted octanol–water partition coefficient (Wildman–Crippen LogP) is 2.10. The van der Waals surface area contributed by atoms with Crippen LogP contribution in [0.25, 0.3) is 0 Å². The van der Waals surface area contributed by atoms with Gasteiger partial charge in [0.2, 0.25) is 0 Å². The number of halogens is 1. The van der Waals surface area contributed by atoms with Gasteiger partial charge in [0.15, 0.2) is 11.6 Å². The van der Waals surface area contributed by atoms with Crippen molar-refractivity contribution in [3.05, 3.63) is 29.6 Å². The van der Waals surface area contributed by atoms with E-state index in [0.29, 0.717) is 11.8 Å². The lowest BCUT2D eigenvalue weighted by molar-refractivity contribution is 0.0776. The molecule has 17 heavy (non-hydrogen) atoms. The Labute approximate surface area is 101 Å². The molecule has 0 atom stereocenters. The van der Waals surface area contributed by atoms with Crippen molar-refractivity contribution in [3.8, 4) is 5.75 Å². The van der Waals surface area contributed by atoms with Crippen LogP contribution in [-0.2, 0) is 11.3 Å². The minimum atomic E-state index is -0.317. The van der Waals surface area contributed by atoms with E-state index in [4.69, 9.17) is 9.47 Å². The number of nitrogens with one attached hydrogen (secondary N) is 1. The highest BCUT2D eigenvalue weighted by molar-refractivity contribution is 5.30. The van der Waals surface area contributed by atoms with Crippen LogP contribution >= 0.6 is 0 Å². The molecule has 1 aromatic rings. The molecule has 1 heterocycles. The van der Waals surface area contributed by atoms with E-state index >= 15 is 0 Å². The first-order chi connectivity index (χ1) is 8.29. The summed E-state index contributed by atoms with van der Waals surface area (Å²) in [6.07, 6.45) is 2.08. The average molecular weight is 239 g/mol. The molecule has 1 aliphatic heterocycles. The van der Waals surface area contributed by atoms with Gasteiger partial charge < -0.3 is 14.8 Å². The van der Waals surface area contributed by atoms with E-state index in [-0.39, 0.29) is 5.82 Å². The highest BCUT2D eigenvalue weighted by Crippen LogP contribution is 2.18. The van der Waals surface area contributed by atoms with Crippen molar-refractivity contribution in [1.82, 2.24) is 5.32 Å². The standard InChI is InChI=1S/C13H18FNO2/c1-16-13-8-10(2-3-12(13)14)9-15-11-4-6-17-7-5-11/h2-3,8,11,15H,4-7,9H2,1H3. The van der Waals surface area contributed by atoms with Crippen LogP contribution in [0.5, 0.6) is 5.75 Å². The number of ether oxygens (including phenoxy) is 2. The van der Waals surface area contributed by atoms with Gasteiger partial charge in [0.05, 0.1) is 7.11 Å². The zero-order valence-electron chi connectivity index (χ0n) is 10.0. The lowest BCUT2D eigenvalue weighted by Gasteiger charge is -2.23. The number of hydrogen-bond acceptors (Lipinski definition) is 3. The topological polar surface area (TPSA) is 30.5 Å². The summed E-state index contributed by atoms with van der Waals surface area (Å²) in [6.45, 7) is 2.39. The van der Waals surface area contributed by atoms with Gasteiger partial charge in [-0.05, 0) is 30.5 Å². The Morgan fingerprint density at radius 1 is 1.41 bits per heavy atom. The predicted molar refractivity (Wildman–Crippen MR) is 63.6 cm³/mol. The summed E-state index contributed by atoms with van der Waals surface area (Å²) in [6, 6.07) is 5.46. The fourth-order valence-electron chi connectivity index (χ4n) is 1.98. The smallest absolute Gasteiger partial charge is 0.165 e. The van der Waals surface area contributed by atoms with Crippen LogP contribution in [0, 0.1) is 5.82 Å². The maximum absolute atomic E-state index is 13.2. The third kappa shape index (κ3) is 3.41. The van der Waals surface area contributed by atoms with Crippen LogP contribution in [0.1, 0.15) is 18.4 Å². The SMILES string of the molecule is COc1cc(CNC2CCOCC2)ccc1F. The van der Waals surface area contributed by atoms with Gasteiger partial charge in [-0.25, -0.2) is 4.39 Å². The number of methoxy groups -OCH3 is 1. The van der Waals surface area contributed by atoms with E-state index in [1.54, 1.807) is 12.1 Å². The molecular formula is C13H18FNO2. The molecule has 0 aliphatic carbocycles. The van der Waals surface area contributed by atoms with Crippen LogP contribution in [0.4, 0.5) is 4.39 Å². The van der Waals surface area contributed by atoms with E-state index in [0.717, 1.165) is 38.2 Å². The molecule has 94 valence electrons. The van der Waals surface area contributed by atoms with Crippen molar-refractivity contribution in [2.24, 2.45) is 0 Å².